The predicted octanol–water partition coefficient (Wildman–Crippen LogP) is -4.15. The van der Waals surface area contributed by atoms with Gasteiger partial charge < -0.3 is 21.9 Å². The molecule has 0 amide bonds. The van der Waals surface area contributed by atoms with Crippen molar-refractivity contribution < 1.29 is 159 Å². The Labute approximate surface area is 237 Å². The number of hydrogen-bond acceptors (Lipinski definition) is 0. The second-order valence-electron chi connectivity index (χ2n) is 0. The van der Waals surface area contributed by atoms with Crippen molar-refractivity contribution in [3.8, 4) is 0 Å². The van der Waals surface area contributed by atoms with Crippen LogP contribution in [0.5, 0.6) is 0 Å². The van der Waals surface area contributed by atoms with E-state index < -0.39 is 0 Å². The van der Waals surface area contributed by atoms with E-state index in [2.05, 4.69) is 79.8 Å². The third-order valence-corrected chi connectivity index (χ3v) is 0. The molecule has 16 nitrogen and oxygen atoms in total. The molecule has 0 aromatic carbocycles. The maximum atomic E-state index is 7.50. The SMILES string of the molecule is [C-]#[O+].[C-]#[O+].[C-]#[O+].[C-]#[O+].[C-]#[O+].[C-]#[O+].[C-]#[O+].[C-]#[O+].[C-]#[O+].[C-]#[O+].[C-]#[O+].[C-]#[O+].[OH3+].[OH3+].[OH3+].[OH3+].[Re].[Re].[Re].[Re]. The third-order valence-electron chi connectivity index (χ3n) is 0. The molecule has 180 valence electrons. The van der Waals surface area contributed by atoms with Gasteiger partial charge >= 0.3 is 136 Å². The molecule has 0 bridgehead atoms. The standard InChI is InChI=1S/12CO.4H2O.4Re/c12*1-2;;;;;;;;/h;;;;;;;;;;;;4*1H2;;;;/p+4. The van der Waals surface area contributed by atoms with Crippen LogP contribution in [0, 0.1) is 79.8 Å². The second kappa shape index (κ2) is 65900. The van der Waals surface area contributed by atoms with Crippen molar-refractivity contribution in [2.75, 3.05) is 0 Å². The van der Waals surface area contributed by atoms with Crippen molar-refractivity contribution in [1.29, 1.82) is 0 Å². The summed E-state index contributed by atoms with van der Waals surface area (Å²) in [6.45, 7) is 54.0. The molecule has 20 heteroatoms. The number of rotatable bonds is 0. The van der Waals surface area contributed by atoms with E-state index in [-0.39, 0.29) is 104 Å². The zero-order chi connectivity index (χ0) is 24.0. The summed E-state index contributed by atoms with van der Waals surface area (Å²) in [6, 6.07) is 0. The van der Waals surface area contributed by atoms with Crippen LogP contribution in [0.25, 0.3) is 0 Å². The molecule has 0 saturated heterocycles. The van der Waals surface area contributed by atoms with Crippen LogP contribution in [0.3, 0.4) is 0 Å². The molecule has 0 saturated carbocycles. The Morgan fingerprint density at radius 1 is 0.156 bits per heavy atom. The molecule has 4 radical (unpaired) electrons. The Kier molecular flexibility index (Phi) is 461000. The first-order chi connectivity index (χ1) is 12.0. The van der Waals surface area contributed by atoms with Gasteiger partial charge in [0.15, 0.2) is 0 Å². The molecular formula is C12H12O16Re4+4. The fourth-order valence-electron chi connectivity index (χ4n) is 0. The van der Waals surface area contributed by atoms with Crippen molar-refractivity contribution in [2.45, 2.75) is 0 Å². The molecular weight excluding hydrogens is 1140 g/mol. The molecule has 32 heavy (non-hydrogen) atoms. The molecule has 0 heterocycles. The summed E-state index contributed by atoms with van der Waals surface area (Å²) in [5.74, 6) is 0. The summed E-state index contributed by atoms with van der Waals surface area (Å²) in [5.41, 5.74) is 0. The van der Waals surface area contributed by atoms with Crippen molar-refractivity contribution in [2.24, 2.45) is 0 Å². The van der Waals surface area contributed by atoms with Gasteiger partial charge in [-0.1, -0.05) is 0 Å². The Morgan fingerprint density at radius 3 is 0.156 bits per heavy atom. The minimum Gasteiger partial charge on any atom is -0.457 e. The summed E-state index contributed by atoms with van der Waals surface area (Å²) >= 11 is 0. The molecule has 0 rings (SSSR count). The average molecular weight is 1160 g/mol. The van der Waals surface area contributed by atoms with Gasteiger partial charge in [0.2, 0.25) is 0 Å². The fraction of sp³-hybridized carbons (Fsp3) is 0. The van der Waals surface area contributed by atoms with Gasteiger partial charge in [-0.2, -0.15) is 0 Å². The summed E-state index contributed by atoms with van der Waals surface area (Å²) in [5, 5.41) is 0. The van der Waals surface area contributed by atoms with E-state index in [1.807, 2.05) is 0 Å². The first-order valence-corrected chi connectivity index (χ1v) is 2.45. The Hall–Kier alpha value is -0.631. The molecule has 0 unspecified atom stereocenters. The van der Waals surface area contributed by atoms with E-state index in [1.54, 1.807) is 0 Å². The third kappa shape index (κ3) is 59400. The quantitative estimate of drug-likeness (QED) is 0.165. The van der Waals surface area contributed by atoms with E-state index in [4.69, 9.17) is 55.8 Å². The van der Waals surface area contributed by atoms with E-state index in [1.165, 1.54) is 0 Å². The molecule has 0 aliphatic carbocycles. The first kappa shape index (κ1) is 224. The van der Waals surface area contributed by atoms with Gasteiger partial charge in [-0.15, -0.1) is 0 Å². The van der Waals surface area contributed by atoms with Crippen LogP contribution in [0.15, 0.2) is 0 Å². The predicted molar refractivity (Wildman–Crippen MR) is 66.6 cm³/mol. The Balaban J connectivity index is -0.00000000267. The fourth-order valence-corrected chi connectivity index (χ4v) is 0. The molecule has 12 N–H and O–H groups in total. The summed E-state index contributed by atoms with van der Waals surface area (Å²) < 4.78 is 90.0. The van der Waals surface area contributed by atoms with E-state index in [0.29, 0.717) is 0 Å². The molecule has 0 aliphatic rings. The van der Waals surface area contributed by atoms with Crippen LogP contribution < -0.4 is 0 Å². The van der Waals surface area contributed by atoms with Crippen LogP contribution in [0.1, 0.15) is 0 Å². The van der Waals surface area contributed by atoms with Gasteiger partial charge in [-0.05, 0) is 0 Å². The van der Waals surface area contributed by atoms with Gasteiger partial charge in [0, 0.05) is 81.7 Å². The summed E-state index contributed by atoms with van der Waals surface area (Å²) in [7, 11) is 0. The molecule has 0 aromatic heterocycles. The largest absolute Gasteiger partial charge is 0.457 e. The minimum atomic E-state index is 0. The average Bonchev–Trinajstić information content (AvgIpc) is 2.84. The normalized spacial score (nSPS) is 0.750. The van der Waals surface area contributed by atoms with Crippen LogP contribution in [0.4, 0.5) is 0 Å². The van der Waals surface area contributed by atoms with E-state index in [9.17, 15) is 0 Å². The van der Waals surface area contributed by atoms with E-state index in [0.717, 1.165) is 0 Å². The van der Waals surface area contributed by atoms with Crippen molar-refractivity contribution in [1.82, 2.24) is 0 Å². The van der Waals surface area contributed by atoms with Crippen LogP contribution in [0.2, 0.25) is 0 Å². The molecule has 0 aromatic rings. The van der Waals surface area contributed by atoms with Gasteiger partial charge in [0.25, 0.3) is 0 Å². The second-order valence-corrected chi connectivity index (χ2v) is 0. The zero-order valence-electron chi connectivity index (χ0n) is 14.7. The first-order valence-electron chi connectivity index (χ1n) is 2.45. The van der Waals surface area contributed by atoms with Crippen molar-refractivity contribution in [3.63, 3.8) is 0 Å². The topological polar surface area (TPSA) is 371 Å². The smallest absolute Gasteiger partial charge is 0 e. The monoisotopic (exact) mass is 1160 g/mol. The zero-order valence-corrected chi connectivity index (χ0v) is 25.6. The van der Waals surface area contributed by atoms with Crippen LogP contribution in [-0.2, 0) is 159 Å². The summed E-state index contributed by atoms with van der Waals surface area (Å²) in [6.07, 6.45) is 0. The van der Waals surface area contributed by atoms with Crippen LogP contribution in [-0.4, -0.2) is 0 Å². The Morgan fingerprint density at radius 2 is 0.156 bits per heavy atom. The van der Waals surface area contributed by atoms with Gasteiger partial charge in [0.05, 0.1) is 0 Å². The van der Waals surface area contributed by atoms with Gasteiger partial charge in [0.1, 0.15) is 0 Å². The molecule has 0 atom stereocenters. The van der Waals surface area contributed by atoms with Gasteiger partial charge in [-0.25, -0.2) is 0 Å². The minimum absolute atomic E-state index is 0. The molecule has 0 aliphatic heterocycles. The number of hydrogen-bond donors (Lipinski definition) is 0. The Bertz CT molecular complexity index is 231. The summed E-state index contributed by atoms with van der Waals surface area (Å²) in [4.78, 5) is 0. The molecule has 0 fully saturated rings. The maximum Gasteiger partial charge on any atom is 0 e. The van der Waals surface area contributed by atoms with Crippen molar-refractivity contribution in [3.05, 3.63) is 79.8 Å². The molecule has 0 spiro atoms. The maximum absolute atomic E-state index is 7.50. The van der Waals surface area contributed by atoms with Gasteiger partial charge in [-0.3, -0.25) is 0 Å². The van der Waals surface area contributed by atoms with E-state index >= 15 is 0 Å². The van der Waals surface area contributed by atoms with Crippen LogP contribution >= 0.6 is 0 Å². The van der Waals surface area contributed by atoms with Crippen molar-refractivity contribution >= 4 is 0 Å².